The minimum absolute atomic E-state index is 0.00216. The van der Waals surface area contributed by atoms with E-state index in [2.05, 4.69) is 43.5 Å². The van der Waals surface area contributed by atoms with Crippen molar-refractivity contribution in [1.29, 1.82) is 0 Å². The van der Waals surface area contributed by atoms with Gasteiger partial charge in [-0.2, -0.15) is 0 Å². The summed E-state index contributed by atoms with van der Waals surface area (Å²) in [5, 5.41) is 23.3. The van der Waals surface area contributed by atoms with Crippen LogP contribution in [0.25, 0.3) is 0 Å². The Labute approximate surface area is 481 Å². The van der Waals surface area contributed by atoms with E-state index in [0.29, 0.717) is 19.4 Å². The first-order valence-corrected chi connectivity index (χ1v) is 34.8. The molecule has 0 aromatic carbocycles. The Balaban J connectivity index is 3.42. The van der Waals surface area contributed by atoms with Crippen LogP contribution in [-0.2, 0) is 14.3 Å². The van der Waals surface area contributed by atoms with Gasteiger partial charge in [0, 0.05) is 12.8 Å². The number of rotatable bonds is 65. The van der Waals surface area contributed by atoms with Gasteiger partial charge in [0.05, 0.1) is 25.4 Å². The third kappa shape index (κ3) is 63.1. The molecular formula is C71H135NO5. The average Bonchev–Trinajstić information content (AvgIpc) is 3.43. The van der Waals surface area contributed by atoms with Crippen LogP contribution in [0, 0.1) is 0 Å². The number of unbranched alkanes of at least 4 members (excludes halogenated alkanes) is 50. The van der Waals surface area contributed by atoms with Crippen LogP contribution in [0.4, 0.5) is 0 Å². The smallest absolute Gasteiger partial charge is 0.305 e. The second kappa shape index (κ2) is 66.6. The lowest BCUT2D eigenvalue weighted by molar-refractivity contribution is -0.143. The van der Waals surface area contributed by atoms with Crippen LogP contribution in [0.1, 0.15) is 380 Å². The van der Waals surface area contributed by atoms with Crippen LogP contribution in [-0.4, -0.2) is 47.4 Å². The highest BCUT2D eigenvalue weighted by Crippen LogP contribution is 2.19. The number of carbonyl (C=O) groups excluding carboxylic acids is 2. The third-order valence-corrected chi connectivity index (χ3v) is 16.1. The van der Waals surface area contributed by atoms with Gasteiger partial charge in [-0.3, -0.25) is 9.59 Å². The Morgan fingerprint density at radius 2 is 0.675 bits per heavy atom. The van der Waals surface area contributed by atoms with Gasteiger partial charge in [-0.1, -0.05) is 346 Å². The third-order valence-electron chi connectivity index (χ3n) is 16.1. The summed E-state index contributed by atoms with van der Waals surface area (Å²) in [6.45, 7) is 4.86. The SMILES string of the molecule is CCC/C=C\C/C=C\CCCCCCCC(=O)OCCCCCCCCCCCCCCCCCCCCCCCCC(=O)NC(CO)C(O)/C=C/CCCCCCCCCCCCCCCCCCCCCCCCC. The molecular weight excluding hydrogens is 947 g/mol. The monoisotopic (exact) mass is 1080 g/mol. The van der Waals surface area contributed by atoms with E-state index in [1.165, 1.54) is 302 Å². The van der Waals surface area contributed by atoms with Crippen LogP contribution >= 0.6 is 0 Å². The fourth-order valence-corrected chi connectivity index (χ4v) is 10.9. The molecule has 0 aromatic rings. The number of ether oxygens (including phenoxy) is 1. The summed E-state index contributed by atoms with van der Waals surface area (Å²) in [4.78, 5) is 24.6. The topological polar surface area (TPSA) is 95.9 Å². The van der Waals surface area contributed by atoms with Crippen LogP contribution in [0.2, 0.25) is 0 Å². The molecule has 0 saturated carbocycles. The van der Waals surface area contributed by atoms with Gasteiger partial charge in [-0.05, 0) is 57.8 Å². The molecule has 6 nitrogen and oxygen atoms in total. The van der Waals surface area contributed by atoms with Gasteiger partial charge in [0.2, 0.25) is 5.91 Å². The highest BCUT2D eigenvalue weighted by atomic mass is 16.5. The first kappa shape index (κ1) is 75.1. The maximum Gasteiger partial charge on any atom is 0.305 e. The quantitative estimate of drug-likeness (QED) is 0.0320. The molecule has 1 amide bonds. The first-order chi connectivity index (χ1) is 38.0. The molecule has 454 valence electrons. The lowest BCUT2D eigenvalue weighted by atomic mass is 10.0. The van der Waals surface area contributed by atoms with Gasteiger partial charge in [0.25, 0.3) is 0 Å². The van der Waals surface area contributed by atoms with E-state index in [0.717, 1.165) is 51.4 Å². The van der Waals surface area contributed by atoms with Gasteiger partial charge < -0.3 is 20.3 Å². The molecule has 2 unspecified atom stereocenters. The lowest BCUT2D eigenvalue weighted by Crippen LogP contribution is -2.45. The molecule has 0 heterocycles. The van der Waals surface area contributed by atoms with Gasteiger partial charge >= 0.3 is 5.97 Å². The number of esters is 1. The molecule has 0 rings (SSSR count). The Kier molecular flexibility index (Phi) is 64.9. The summed E-state index contributed by atoms with van der Waals surface area (Å²) in [6, 6.07) is -0.630. The minimum atomic E-state index is -0.847. The minimum Gasteiger partial charge on any atom is -0.466 e. The number of amides is 1. The maximum absolute atomic E-state index is 12.5. The zero-order valence-corrected chi connectivity index (χ0v) is 52.0. The highest BCUT2D eigenvalue weighted by molar-refractivity contribution is 5.76. The Hall–Kier alpha value is -1.92. The van der Waals surface area contributed by atoms with Crippen molar-refractivity contribution < 1.29 is 24.5 Å². The van der Waals surface area contributed by atoms with Gasteiger partial charge in [-0.15, -0.1) is 0 Å². The fourth-order valence-electron chi connectivity index (χ4n) is 10.9. The van der Waals surface area contributed by atoms with Crippen molar-refractivity contribution in [3.05, 3.63) is 36.5 Å². The van der Waals surface area contributed by atoms with Crippen molar-refractivity contribution in [2.24, 2.45) is 0 Å². The number of aliphatic hydroxyl groups is 2. The van der Waals surface area contributed by atoms with E-state index < -0.39 is 12.1 Å². The van der Waals surface area contributed by atoms with Gasteiger partial charge in [-0.25, -0.2) is 0 Å². The molecule has 3 N–H and O–H groups in total. The Bertz CT molecular complexity index is 1250. The number of hydrogen-bond donors (Lipinski definition) is 3. The van der Waals surface area contributed by atoms with Crippen LogP contribution < -0.4 is 5.32 Å². The average molecular weight is 1080 g/mol. The summed E-state index contributed by atoms with van der Waals surface area (Å²) >= 11 is 0. The Morgan fingerprint density at radius 3 is 1.04 bits per heavy atom. The van der Waals surface area contributed by atoms with Gasteiger partial charge in [0.1, 0.15) is 0 Å². The molecule has 0 aromatic heterocycles. The molecule has 0 spiro atoms. The van der Waals surface area contributed by atoms with Crippen LogP contribution in [0.5, 0.6) is 0 Å². The molecule has 2 atom stereocenters. The first-order valence-electron chi connectivity index (χ1n) is 34.8. The number of carbonyl (C=O) groups is 2. The number of nitrogens with one attached hydrogen (secondary N) is 1. The Morgan fingerprint density at radius 1 is 0.364 bits per heavy atom. The van der Waals surface area contributed by atoms with E-state index in [1.54, 1.807) is 6.08 Å². The van der Waals surface area contributed by atoms with E-state index in [9.17, 15) is 19.8 Å². The molecule has 0 aliphatic heterocycles. The van der Waals surface area contributed by atoms with E-state index in [1.807, 2.05) is 6.08 Å². The zero-order valence-electron chi connectivity index (χ0n) is 52.0. The van der Waals surface area contributed by atoms with Crippen molar-refractivity contribution in [1.82, 2.24) is 5.32 Å². The summed E-state index contributed by atoms with van der Waals surface area (Å²) < 4.78 is 5.47. The molecule has 77 heavy (non-hydrogen) atoms. The van der Waals surface area contributed by atoms with Gasteiger partial charge in [0.15, 0.2) is 0 Å². The van der Waals surface area contributed by atoms with Crippen molar-refractivity contribution >= 4 is 11.9 Å². The molecule has 6 heteroatoms. The zero-order chi connectivity index (χ0) is 55.7. The normalized spacial score (nSPS) is 12.7. The number of allylic oxidation sites excluding steroid dienone is 5. The highest BCUT2D eigenvalue weighted by Gasteiger charge is 2.18. The van der Waals surface area contributed by atoms with Crippen molar-refractivity contribution in [2.75, 3.05) is 13.2 Å². The van der Waals surface area contributed by atoms with E-state index in [4.69, 9.17) is 4.74 Å². The summed E-state index contributed by atoms with van der Waals surface area (Å²) in [5.74, 6) is -0.0665. The second-order valence-corrected chi connectivity index (χ2v) is 23.9. The number of hydrogen-bond acceptors (Lipinski definition) is 5. The van der Waals surface area contributed by atoms with E-state index in [-0.39, 0.29) is 18.5 Å². The lowest BCUT2D eigenvalue weighted by Gasteiger charge is -2.20. The fraction of sp³-hybridized carbons (Fsp3) is 0.887. The van der Waals surface area contributed by atoms with E-state index >= 15 is 0 Å². The summed E-state index contributed by atoms with van der Waals surface area (Å²) in [7, 11) is 0. The molecule has 0 fully saturated rings. The van der Waals surface area contributed by atoms with Crippen molar-refractivity contribution in [3.63, 3.8) is 0 Å². The molecule has 0 aliphatic rings. The standard InChI is InChI=1S/C71H135NO5/c1-3-5-7-9-11-13-15-17-18-19-20-21-22-23-24-27-30-33-36-40-43-47-51-55-59-63-69(74)68(67-73)72-70(75)64-60-56-52-48-44-41-37-34-31-28-25-26-29-32-35-38-42-46-50-54-58-62-66-77-71(76)65-61-57-53-49-45-39-16-14-12-10-8-6-4-2/h8,10,14,16,59,63,68-69,73-74H,3-7,9,11-13,15,17-58,60-62,64-67H2,1-2H3,(H,72,75)/b10-8-,16-14-,63-59+. The van der Waals surface area contributed by atoms with Crippen molar-refractivity contribution in [2.45, 2.75) is 392 Å². The largest absolute Gasteiger partial charge is 0.466 e. The second-order valence-electron chi connectivity index (χ2n) is 23.9. The molecule has 0 bridgehead atoms. The summed E-state index contributed by atoms with van der Waals surface area (Å²) in [6.07, 6.45) is 85.0. The summed E-state index contributed by atoms with van der Waals surface area (Å²) in [5.41, 5.74) is 0. The molecule has 0 saturated heterocycles. The number of aliphatic hydroxyl groups excluding tert-OH is 2. The van der Waals surface area contributed by atoms with Crippen LogP contribution in [0.3, 0.4) is 0 Å². The molecule has 0 radical (unpaired) electrons. The van der Waals surface area contributed by atoms with Crippen LogP contribution in [0.15, 0.2) is 36.5 Å². The molecule has 0 aliphatic carbocycles. The van der Waals surface area contributed by atoms with Crippen molar-refractivity contribution in [3.8, 4) is 0 Å². The maximum atomic E-state index is 12.5. The predicted octanol–water partition coefficient (Wildman–Crippen LogP) is 22.3. The predicted molar refractivity (Wildman–Crippen MR) is 338 cm³/mol.